The first-order chi connectivity index (χ1) is 13.5. The van der Waals surface area contributed by atoms with Crippen LogP contribution in [0.2, 0.25) is 0 Å². The Balaban J connectivity index is 1.49. The molecule has 0 saturated carbocycles. The zero-order valence-corrected chi connectivity index (χ0v) is 16.2. The number of carbonyl (C=O) groups is 2. The summed E-state index contributed by atoms with van der Waals surface area (Å²) in [4.78, 5) is 30.9. The third-order valence-corrected chi connectivity index (χ3v) is 5.52. The molecule has 0 radical (unpaired) electrons. The van der Waals surface area contributed by atoms with Gasteiger partial charge in [-0.3, -0.25) is 14.7 Å². The quantitative estimate of drug-likeness (QED) is 0.669. The maximum Gasteiger partial charge on any atom is 0.247 e. The topological polar surface area (TPSA) is 88.2 Å². The van der Waals surface area contributed by atoms with Crippen LogP contribution in [0.1, 0.15) is 12.0 Å². The molecule has 2 heterocycles. The number of nitrogens with one attached hydrogen (secondary N) is 1. The van der Waals surface area contributed by atoms with Crippen LogP contribution in [0.3, 0.4) is 0 Å². The van der Waals surface area contributed by atoms with Gasteiger partial charge in [0.15, 0.2) is 5.82 Å². The van der Waals surface area contributed by atoms with Crippen molar-refractivity contribution >= 4 is 29.3 Å². The second kappa shape index (κ2) is 7.47. The number of nitrogens with zero attached hydrogens (tertiary/aromatic N) is 3. The van der Waals surface area contributed by atoms with Gasteiger partial charge in [0.2, 0.25) is 17.0 Å². The third-order valence-electron chi connectivity index (χ3n) is 4.47. The number of thioether (sulfide) groups is 1. The van der Waals surface area contributed by atoms with Crippen molar-refractivity contribution in [2.24, 2.45) is 0 Å². The fourth-order valence-electron chi connectivity index (χ4n) is 2.97. The van der Waals surface area contributed by atoms with Crippen LogP contribution in [0.5, 0.6) is 5.75 Å². The molecule has 1 N–H and O–H groups in total. The number of rotatable bonds is 5. The number of amides is 2. The number of carbonyl (C=O) groups excluding carboxylic acids is 2. The average Bonchev–Trinajstić information content (AvgIpc) is 3.27. The van der Waals surface area contributed by atoms with E-state index in [4.69, 9.17) is 4.74 Å². The average molecular weight is 394 g/mol. The van der Waals surface area contributed by atoms with Gasteiger partial charge in [-0.1, -0.05) is 41.6 Å². The van der Waals surface area contributed by atoms with Crippen LogP contribution < -0.4 is 9.64 Å². The molecule has 1 fully saturated rings. The molecule has 2 aromatic carbocycles. The van der Waals surface area contributed by atoms with Gasteiger partial charge >= 0.3 is 0 Å². The smallest absolute Gasteiger partial charge is 0.247 e. The lowest BCUT2D eigenvalue weighted by Crippen LogP contribution is -2.31. The number of aromatic nitrogens is 3. The summed E-state index contributed by atoms with van der Waals surface area (Å²) in [5, 5.41) is 6.98. The van der Waals surface area contributed by atoms with Crippen molar-refractivity contribution in [2.75, 3.05) is 12.0 Å². The predicted molar refractivity (Wildman–Crippen MR) is 106 cm³/mol. The van der Waals surface area contributed by atoms with E-state index in [2.05, 4.69) is 15.2 Å². The number of aryl methyl sites for hydroxylation is 1. The minimum absolute atomic E-state index is 0.115. The Labute approximate surface area is 166 Å². The first-order valence-electron chi connectivity index (χ1n) is 8.72. The highest BCUT2D eigenvalue weighted by molar-refractivity contribution is 8.00. The molecule has 1 atom stereocenters. The zero-order valence-electron chi connectivity index (χ0n) is 15.4. The number of hydrogen-bond donors (Lipinski definition) is 1. The van der Waals surface area contributed by atoms with Gasteiger partial charge in [0.25, 0.3) is 0 Å². The Morgan fingerprint density at radius 2 is 1.82 bits per heavy atom. The van der Waals surface area contributed by atoms with Crippen molar-refractivity contribution in [3.8, 4) is 17.1 Å². The molecule has 28 heavy (non-hydrogen) atoms. The minimum Gasteiger partial charge on any atom is -0.497 e. The van der Waals surface area contributed by atoms with Gasteiger partial charge in [0.1, 0.15) is 11.0 Å². The second-order valence-corrected chi connectivity index (χ2v) is 7.58. The van der Waals surface area contributed by atoms with E-state index >= 15 is 0 Å². The van der Waals surface area contributed by atoms with Crippen LogP contribution in [0, 0.1) is 6.92 Å². The molecule has 1 aliphatic rings. The molecular weight excluding hydrogens is 376 g/mol. The first kappa shape index (κ1) is 18.2. The Bertz CT molecular complexity index is 1010. The maximum absolute atomic E-state index is 12.8. The van der Waals surface area contributed by atoms with Crippen molar-refractivity contribution in [3.05, 3.63) is 54.1 Å². The lowest BCUT2D eigenvalue weighted by molar-refractivity contribution is -0.121. The van der Waals surface area contributed by atoms with Gasteiger partial charge in [-0.05, 0) is 31.2 Å². The van der Waals surface area contributed by atoms with Crippen LogP contribution in [0.4, 0.5) is 5.69 Å². The van der Waals surface area contributed by atoms with Crippen molar-refractivity contribution in [3.63, 3.8) is 0 Å². The number of H-pyrrole nitrogens is 1. The van der Waals surface area contributed by atoms with Gasteiger partial charge in [-0.15, -0.1) is 5.10 Å². The summed E-state index contributed by atoms with van der Waals surface area (Å²) in [5.41, 5.74) is 2.61. The summed E-state index contributed by atoms with van der Waals surface area (Å²) in [6.45, 7) is 2.02. The minimum atomic E-state index is -0.545. The van der Waals surface area contributed by atoms with Gasteiger partial charge < -0.3 is 4.74 Å². The molecule has 1 aliphatic heterocycles. The molecule has 1 aromatic heterocycles. The Kier molecular flexibility index (Phi) is 4.87. The lowest BCUT2D eigenvalue weighted by Gasteiger charge is -2.14. The van der Waals surface area contributed by atoms with E-state index in [1.165, 1.54) is 16.7 Å². The Morgan fingerprint density at radius 3 is 2.50 bits per heavy atom. The summed E-state index contributed by atoms with van der Waals surface area (Å²) in [6.07, 6.45) is 0.115. The monoisotopic (exact) mass is 394 g/mol. The molecular formula is C20H18N4O3S. The molecule has 1 saturated heterocycles. The van der Waals surface area contributed by atoms with Crippen LogP contribution in [0.25, 0.3) is 11.4 Å². The highest BCUT2D eigenvalue weighted by Crippen LogP contribution is 2.33. The van der Waals surface area contributed by atoms with Crippen molar-refractivity contribution in [2.45, 2.75) is 23.8 Å². The molecule has 0 aliphatic carbocycles. The van der Waals surface area contributed by atoms with Gasteiger partial charge in [0, 0.05) is 12.0 Å². The molecule has 0 bridgehead atoms. The van der Waals surface area contributed by atoms with Gasteiger partial charge in [-0.25, -0.2) is 9.88 Å². The lowest BCUT2D eigenvalue weighted by atomic mass is 10.1. The largest absolute Gasteiger partial charge is 0.497 e. The SMILES string of the molecule is COc1ccc(N2C(=O)C[C@H](Sc3n[nH]c(-c4ccc(C)cc4)n3)C2=O)cc1. The first-order valence-corrected chi connectivity index (χ1v) is 9.60. The molecule has 2 amide bonds. The number of methoxy groups -OCH3 is 1. The van der Waals surface area contributed by atoms with Crippen LogP contribution in [0.15, 0.2) is 53.7 Å². The normalized spacial score (nSPS) is 16.6. The molecule has 3 aromatic rings. The zero-order chi connectivity index (χ0) is 19.7. The fraction of sp³-hybridized carbons (Fsp3) is 0.200. The number of ether oxygens (including phenoxy) is 1. The fourth-order valence-corrected chi connectivity index (χ4v) is 3.89. The Hall–Kier alpha value is -3.13. The number of anilines is 1. The highest BCUT2D eigenvalue weighted by atomic mass is 32.2. The van der Waals surface area contributed by atoms with Crippen molar-refractivity contribution in [1.29, 1.82) is 0 Å². The highest BCUT2D eigenvalue weighted by Gasteiger charge is 2.40. The number of hydrogen-bond acceptors (Lipinski definition) is 6. The molecule has 7 nitrogen and oxygen atoms in total. The summed E-state index contributed by atoms with van der Waals surface area (Å²) < 4.78 is 5.12. The molecule has 0 spiro atoms. The molecule has 8 heteroatoms. The van der Waals surface area contributed by atoms with E-state index in [9.17, 15) is 9.59 Å². The van der Waals surface area contributed by atoms with Crippen LogP contribution in [-0.2, 0) is 9.59 Å². The number of aromatic amines is 1. The summed E-state index contributed by atoms with van der Waals surface area (Å²) in [7, 11) is 1.57. The van der Waals surface area contributed by atoms with Gasteiger partial charge in [0.05, 0.1) is 12.8 Å². The van der Waals surface area contributed by atoms with E-state index in [0.29, 0.717) is 22.4 Å². The van der Waals surface area contributed by atoms with Crippen LogP contribution >= 0.6 is 11.8 Å². The maximum atomic E-state index is 12.8. The van der Waals surface area contributed by atoms with Crippen LogP contribution in [-0.4, -0.2) is 39.4 Å². The second-order valence-electron chi connectivity index (χ2n) is 6.41. The molecule has 0 unspecified atom stereocenters. The van der Waals surface area contributed by atoms with Crippen molar-refractivity contribution in [1.82, 2.24) is 15.2 Å². The number of benzene rings is 2. The molecule has 4 rings (SSSR count). The van der Waals surface area contributed by atoms with E-state index in [1.807, 2.05) is 31.2 Å². The van der Waals surface area contributed by atoms with E-state index < -0.39 is 5.25 Å². The van der Waals surface area contributed by atoms with E-state index in [0.717, 1.165) is 11.1 Å². The predicted octanol–water partition coefficient (Wildman–Crippen LogP) is 3.21. The number of imide groups is 1. The third kappa shape index (κ3) is 3.50. The van der Waals surface area contributed by atoms with E-state index in [1.54, 1.807) is 31.4 Å². The summed E-state index contributed by atoms with van der Waals surface area (Å²) >= 11 is 1.20. The Morgan fingerprint density at radius 1 is 1.11 bits per heavy atom. The molecule has 142 valence electrons. The summed E-state index contributed by atoms with van der Waals surface area (Å²) in [5.74, 6) is 0.799. The van der Waals surface area contributed by atoms with Crippen molar-refractivity contribution < 1.29 is 14.3 Å². The standard InChI is InChI=1S/C20H18N4O3S/c1-12-3-5-13(6-4-12)18-21-20(23-22-18)28-16-11-17(25)24(19(16)26)14-7-9-15(27-2)10-8-14/h3-10,16H,11H2,1-2H3,(H,21,22,23)/t16-/m0/s1. The van der Waals surface area contributed by atoms with E-state index in [-0.39, 0.29) is 18.2 Å². The van der Waals surface area contributed by atoms with Gasteiger partial charge in [-0.2, -0.15) is 0 Å². The summed E-state index contributed by atoms with van der Waals surface area (Å²) in [6, 6.07) is 14.7.